The van der Waals surface area contributed by atoms with Crippen LogP contribution in [0.3, 0.4) is 0 Å². The number of nitrogens with zero attached hydrogens (tertiary/aromatic N) is 4. The van der Waals surface area contributed by atoms with Gasteiger partial charge < -0.3 is 15.3 Å². The molecule has 0 saturated carbocycles. The van der Waals surface area contributed by atoms with E-state index in [0.29, 0.717) is 24.3 Å². The maximum atomic E-state index is 12.7. The highest BCUT2D eigenvalue weighted by Gasteiger charge is 2.32. The minimum Gasteiger partial charge on any atom is -0.390 e. The second kappa shape index (κ2) is 6.82. The minimum absolute atomic E-state index is 0.0660. The quantitative estimate of drug-likeness (QED) is 0.333. The van der Waals surface area contributed by atoms with Gasteiger partial charge in [0.2, 0.25) is 5.95 Å². The van der Waals surface area contributed by atoms with Crippen molar-refractivity contribution in [3.05, 3.63) is 48.0 Å². The van der Waals surface area contributed by atoms with Crippen molar-refractivity contribution in [1.82, 2.24) is 14.6 Å². The molecule has 3 aromatic rings. The van der Waals surface area contributed by atoms with Crippen LogP contribution in [0, 0.1) is 0 Å². The molecule has 10 heteroatoms. The zero-order valence-electron chi connectivity index (χ0n) is 13.9. The Balaban J connectivity index is 1.62. The number of aromatic nitrogens is 3. The van der Waals surface area contributed by atoms with E-state index in [-0.39, 0.29) is 10.00 Å². The van der Waals surface area contributed by atoms with Crippen molar-refractivity contribution in [1.29, 1.82) is 0 Å². The van der Waals surface area contributed by atoms with Crippen LogP contribution in [0.5, 0.6) is 0 Å². The Morgan fingerprint density at radius 3 is 2.52 bits per heavy atom. The van der Waals surface area contributed by atoms with Crippen molar-refractivity contribution in [2.45, 2.75) is 22.7 Å². The van der Waals surface area contributed by atoms with Gasteiger partial charge in [-0.3, -0.25) is 0 Å². The van der Waals surface area contributed by atoms with Gasteiger partial charge >= 0.3 is 6.18 Å². The van der Waals surface area contributed by atoms with Gasteiger partial charge in [0.1, 0.15) is 9.87 Å². The first-order valence-corrected chi connectivity index (χ1v) is 9.46. The molecule has 1 aliphatic rings. The number of aliphatic hydroxyl groups is 1. The maximum absolute atomic E-state index is 12.7. The summed E-state index contributed by atoms with van der Waals surface area (Å²) in [5.41, 5.74) is 0.356. The monoisotopic (exact) mass is 489 g/mol. The zero-order chi connectivity index (χ0) is 19.2. The first-order valence-electron chi connectivity index (χ1n) is 8.22. The third-order valence-electron chi connectivity index (χ3n) is 4.38. The van der Waals surface area contributed by atoms with Crippen molar-refractivity contribution >= 4 is 45.7 Å². The first-order chi connectivity index (χ1) is 12.8. The Labute approximate surface area is 166 Å². The van der Waals surface area contributed by atoms with Gasteiger partial charge in [0.25, 0.3) is 0 Å². The summed E-state index contributed by atoms with van der Waals surface area (Å²) >= 11 is 2.20. The number of aliphatic hydroxyl groups excluding tert-OH is 1. The zero-order valence-corrected chi connectivity index (χ0v) is 16.0. The summed E-state index contributed by atoms with van der Waals surface area (Å²) in [6, 6.07) is 10.2. The van der Waals surface area contributed by atoms with Crippen molar-refractivity contribution < 1.29 is 18.3 Å². The van der Waals surface area contributed by atoms with E-state index < -0.39 is 17.8 Å². The predicted octanol–water partition coefficient (Wildman–Crippen LogP) is 3.82. The molecular weight excluding hydrogens is 474 g/mol. The Bertz CT molecular complexity index is 959. The third-order valence-corrected chi connectivity index (χ3v) is 5.89. The minimum atomic E-state index is -4.37. The van der Waals surface area contributed by atoms with E-state index in [1.807, 2.05) is 12.1 Å². The molecule has 2 unspecified atom stereocenters. The second-order valence-electron chi connectivity index (χ2n) is 6.21. The number of hydrogen-bond acceptors (Lipinski definition) is 5. The molecule has 27 heavy (non-hydrogen) atoms. The molecule has 3 heterocycles. The van der Waals surface area contributed by atoms with Gasteiger partial charge in [0, 0.05) is 12.2 Å². The van der Waals surface area contributed by atoms with E-state index in [0.717, 1.165) is 18.0 Å². The molecule has 2 aromatic heterocycles. The van der Waals surface area contributed by atoms with E-state index in [9.17, 15) is 18.3 Å². The van der Waals surface area contributed by atoms with E-state index >= 15 is 0 Å². The Morgan fingerprint density at radius 2 is 1.89 bits per heavy atom. The smallest absolute Gasteiger partial charge is 0.390 e. The molecule has 0 aliphatic carbocycles. The topological polar surface area (TPSA) is 65.7 Å². The predicted molar refractivity (Wildman–Crippen MR) is 103 cm³/mol. The van der Waals surface area contributed by atoms with Crippen molar-refractivity contribution in [2.75, 3.05) is 16.8 Å². The van der Waals surface area contributed by atoms with Gasteiger partial charge in [-0.25, -0.2) is 0 Å². The molecular formula is C17H15F3IN5O. The highest BCUT2D eigenvalue weighted by molar-refractivity contribution is 14.1. The van der Waals surface area contributed by atoms with E-state index in [2.05, 4.69) is 42.9 Å². The van der Waals surface area contributed by atoms with Crippen LogP contribution in [0.4, 0.5) is 30.6 Å². The number of rotatable bonds is 3. The van der Waals surface area contributed by atoms with Gasteiger partial charge in [-0.2, -0.15) is 22.7 Å². The molecule has 6 nitrogen and oxygen atoms in total. The van der Waals surface area contributed by atoms with Crippen LogP contribution in [0.15, 0.2) is 42.5 Å². The highest BCUT2D eigenvalue weighted by Crippen LogP contribution is 2.31. The summed E-state index contributed by atoms with van der Waals surface area (Å²) in [4.78, 5) is 6.43. The Kier molecular flexibility index (Phi) is 4.62. The fraction of sp³-hybridized carbons (Fsp3) is 0.294. The van der Waals surface area contributed by atoms with Crippen molar-refractivity contribution in [3.8, 4) is 0 Å². The highest BCUT2D eigenvalue weighted by atomic mass is 127. The van der Waals surface area contributed by atoms with Crippen LogP contribution in [-0.4, -0.2) is 36.4 Å². The van der Waals surface area contributed by atoms with Gasteiger partial charge in [0.05, 0.1) is 11.7 Å². The molecule has 1 aromatic carbocycles. The number of alkyl halides is 4. The summed E-state index contributed by atoms with van der Waals surface area (Å²) in [6.07, 6.45) is -4.10. The summed E-state index contributed by atoms with van der Waals surface area (Å²) < 4.78 is 39.6. The lowest BCUT2D eigenvalue weighted by atomic mass is 10.2. The number of pyridine rings is 1. The molecule has 2 N–H and O–H groups in total. The first kappa shape index (κ1) is 18.3. The van der Waals surface area contributed by atoms with Crippen molar-refractivity contribution in [2.24, 2.45) is 0 Å². The lowest BCUT2D eigenvalue weighted by Gasteiger charge is -2.23. The van der Waals surface area contributed by atoms with Crippen LogP contribution < -0.4 is 10.2 Å². The molecule has 4 rings (SSSR count). The second-order valence-corrected chi connectivity index (χ2v) is 7.49. The molecule has 1 aliphatic heterocycles. The number of fused-ring (bicyclic) bond motifs is 1. The lowest BCUT2D eigenvalue weighted by Crippen LogP contribution is -2.30. The number of hydrogen-bond donors (Lipinski definition) is 2. The van der Waals surface area contributed by atoms with Crippen LogP contribution >= 0.6 is 22.6 Å². The van der Waals surface area contributed by atoms with Gasteiger partial charge in [-0.05, 0) is 42.8 Å². The third kappa shape index (κ3) is 3.55. The molecule has 0 amide bonds. The number of benzene rings is 1. The molecule has 2 atom stereocenters. The molecule has 142 valence electrons. The van der Waals surface area contributed by atoms with E-state index in [4.69, 9.17) is 0 Å². The van der Waals surface area contributed by atoms with Crippen LogP contribution in [0.1, 0.15) is 12.0 Å². The number of anilines is 3. The Morgan fingerprint density at radius 1 is 1.15 bits per heavy atom. The molecule has 0 bridgehead atoms. The molecule has 1 fully saturated rings. The summed E-state index contributed by atoms with van der Waals surface area (Å²) in [5, 5.41) is 17.4. The van der Waals surface area contributed by atoms with Gasteiger partial charge in [-0.1, -0.05) is 28.7 Å². The normalized spacial score (nSPS) is 20.4. The largest absolute Gasteiger partial charge is 0.416 e. The molecule has 0 spiro atoms. The summed E-state index contributed by atoms with van der Waals surface area (Å²) in [6.45, 7) is 0.704. The fourth-order valence-corrected chi connectivity index (χ4v) is 3.94. The standard InChI is InChI=1S/C17H15F3IN5O/c18-17(19,20)10-4-6-11(7-5-10)22-16-23-13-2-1-3-14(26(13)24-16)25-9-8-12(27)15(25)21/h1-7,12,15,27H,8-9H2,(H,22,24). The average Bonchev–Trinajstić information content (AvgIpc) is 3.18. The SMILES string of the molecule is OC1CCN(c2cccc3nc(Nc4ccc(C(F)(F)F)cc4)nn23)C1I. The summed E-state index contributed by atoms with van der Waals surface area (Å²) in [5.74, 6) is 1.09. The van der Waals surface area contributed by atoms with E-state index in [1.165, 1.54) is 12.1 Å². The van der Waals surface area contributed by atoms with Crippen molar-refractivity contribution in [3.63, 3.8) is 0 Å². The summed E-state index contributed by atoms with van der Waals surface area (Å²) in [7, 11) is 0. The molecule has 0 radical (unpaired) electrons. The van der Waals surface area contributed by atoms with Gasteiger partial charge in [-0.15, -0.1) is 5.10 Å². The Hall–Kier alpha value is -2.08. The van der Waals surface area contributed by atoms with Crippen LogP contribution in [0.2, 0.25) is 0 Å². The number of halogens is 4. The molecule has 1 saturated heterocycles. The maximum Gasteiger partial charge on any atom is 0.416 e. The van der Waals surface area contributed by atoms with Crippen LogP contribution in [-0.2, 0) is 6.18 Å². The van der Waals surface area contributed by atoms with E-state index in [1.54, 1.807) is 10.6 Å². The average molecular weight is 489 g/mol. The van der Waals surface area contributed by atoms with Crippen LogP contribution in [0.25, 0.3) is 5.65 Å². The number of nitrogens with one attached hydrogen (secondary N) is 1. The van der Waals surface area contributed by atoms with Gasteiger partial charge in [0.15, 0.2) is 5.65 Å². The lowest BCUT2D eigenvalue weighted by molar-refractivity contribution is -0.137. The fourth-order valence-electron chi connectivity index (χ4n) is 3.01.